The lowest BCUT2D eigenvalue weighted by atomic mass is 10.2. The number of hydrogen-bond acceptors (Lipinski definition) is 6. The average Bonchev–Trinajstić information content (AvgIpc) is 2.82. The molecule has 0 saturated heterocycles. The Bertz CT molecular complexity index is 695. The largest absolute Gasteiger partial charge is 0.484 e. The number of aromatic nitrogens is 1. The van der Waals surface area contributed by atoms with Crippen LogP contribution in [0.25, 0.3) is 0 Å². The fourth-order valence-electron chi connectivity index (χ4n) is 1.77. The minimum atomic E-state index is -0.456. The van der Waals surface area contributed by atoms with Gasteiger partial charge in [0.25, 0.3) is 5.91 Å². The summed E-state index contributed by atoms with van der Waals surface area (Å²) >= 11 is 1.18. The molecule has 8 heteroatoms. The van der Waals surface area contributed by atoms with Gasteiger partial charge in [-0.1, -0.05) is 6.07 Å². The molecule has 0 radical (unpaired) electrons. The van der Waals surface area contributed by atoms with Gasteiger partial charge in [-0.05, 0) is 37.5 Å². The summed E-state index contributed by atoms with van der Waals surface area (Å²) in [6.07, 6.45) is 0. The smallest absolute Gasteiger partial charge is 0.277 e. The maximum absolute atomic E-state index is 13.0. The van der Waals surface area contributed by atoms with Crippen LogP contribution in [0.5, 0.6) is 5.75 Å². The Morgan fingerprint density at radius 1 is 1.55 bits per heavy atom. The second-order valence-electron chi connectivity index (χ2n) is 4.49. The van der Waals surface area contributed by atoms with Crippen molar-refractivity contribution in [3.05, 3.63) is 41.3 Å². The fraction of sp³-hybridized carbons (Fsp3) is 0.214. The fourth-order valence-corrected chi connectivity index (χ4v) is 2.48. The molecule has 0 saturated carbocycles. The van der Waals surface area contributed by atoms with E-state index in [0.29, 0.717) is 10.7 Å². The lowest BCUT2D eigenvalue weighted by Crippen LogP contribution is -2.25. The molecule has 0 aliphatic carbocycles. The van der Waals surface area contributed by atoms with Gasteiger partial charge in [0, 0.05) is 6.07 Å². The number of aryl methyl sites for hydroxylation is 1. The number of halogens is 1. The van der Waals surface area contributed by atoms with E-state index in [-0.39, 0.29) is 12.4 Å². The first-order chi connectivity index (χ1) is 10.5. The number of nitrogens with two attached hydrogens (primary N) is 1. The third-order valence-corrected chi connectivity index (χ3v) is 3.53. The van der Waals surface area contributed by atoms with E-state index in [1.54, 1.807) is 13.0 Å². The normalized spacial score (nSPS) is 11.3. The Morgan fingerprint density at radius 2 is 2.32 bits per heavy atom. The molecule has 0 fully saturated rings. The number of amides is 1. The highest BCUT2D eigenvalue weighted by molar-refractivity contribution is 7.10. The van der Waals surface area contributed by atoms with Crippen molar-refractivity contribution >= 4 is 28.2 Å². The molecule has 2 aromatic rings. The zero-order valence-corrected chi connectivity index (χ0v) is 12.9. The molecule has 1 amide bonds. The quantitative estimate of drug-likeness (QED) is 0.651. The highest BCUT2D eigenvalue weighted by Gasteiger charge is 2.11. The summed E-state index contributed by atoms with van der Waals surface area (Å²) in [6.45, 7) is 3.27. The average molecular weight is 322 g/mol. The summed E-state index contributed by atoms with van der Waals surface area (Å²) in [6, 6.07) is 5.55. The molecular weight excluding hydrogens is 307 g/mol. The molecule has 3 N–H and O–H groups in total. The second kappa shape index (κ2) is 6.99. The Kier molecular flexibility index (Phi) is 5.05. The van der Waals surface area contributed by atoms with Crippen LogP contribution in [0.1, 0.15) is 18.2 Å². The second-order valence-corrected chi connectivity index (χ2v) is 5.29. The van der Waals surface area contributed by atoms with Gasteiger partial charge in [0.15, 0.2) is 6.61 Å². The van der Waals surface area contributed by atoms with Gasteiger partial charge in [-0.2, -0.15) is 9.47 Å². The zero-order valence-electron chi connectivity index (χ0n) is 12.1. The van der Waals surface area contributed by atoms with Gasteiger partial charge < -0.3 is 10.5 Å². The number of nitrogens with one attached hydrogen (secondary N) is 1. The van der Waals surface area contributed by atoms with Gasteiger partial charge in [-0.25, -0.2) is 9.82 Å². The number of ether oxygens (including phenoxy) is 1. The molecule has 116 valence electrons. The highest BCUT2D eigenvalue weighted by atomic mass is 32.1. The number of nitrogens with zero attached hydrogens (tertiary/aromatic N) is 2. The molecule has 1 heterocycles. The highest BCUT2D eigenvalue weighted by Crippen LogP contribution is 2.21. The van der Waals surface area contributed by atoms with Crippen LogP contribution in [0.15, 0.2) is 29.4 Å². The lowest BCUT2D eigenvalue weighted by Gasteiger charge is -2.06. The summed E-state index contributed by atoms with van der Waals surface area (Å²) in [5, 5.41) is 4.51. The number of anilines is 1. The van der Waals surface area contributed by atoms with Gasteiger partial charge in [-0.3, -0.25) is 4.79 Å². The SMILES string of the molecule is C/C(=N/NC(=O)COc1cccc(F)c1)c1c(C)nsc1N. The number of hydrazone groups is 1. The molecule has 0 bridgehead atoms. The Morgan fingerprint density at radius 3 is 2.95 bits per heavy atom. The Labute approximate surface area is 131 Å². The number of nitrogen functional groups attached to an aromatic ring is 1. The van der Waals surface area contributed by atoms with E-state index in [9.17, 15) is 9.18 Å². The summed E-state index contributed by atoms with van der Waals surface area (Å²) in [4.78, 5) is 11.7. The molecule has 0 atom stereocenters. The number of rotatable bonds is 5. The number of carbonyl (C=O) groups is 1. The van der Waals surface area contributed by atoms with Gasteiger partial charge in [-0.15, -0.1) is 0 Å². The minimum Gasteiger partial charge on any atom is -0.484 e. The number of carbonyl (C=O) groups excluding carboxylic acids is 1. The molecule has 2 rings (SSSR count). The van der Waals surface area contributed by atoms with Gasteiger partial charge in [0.2, 0.25) is 0 Å². The van der Waals surface area contributed by atoms with Crippen molar-refractivity contribution in [3.63, 3.8) is 0 Å². The summed E-state index contributed by atoms with van der Waals surface area (Å²) in [5.74, 6) is -0.608. The molecule has 1 aromatic heterocycles. The molecule has 22 heavy (non-hydrogen) atoms. The van der Waals surface area contributed by atoms with Gasteiger partial charge in [0.1, 0.15) is 16.6 Å². The maximum atomic E-state index is 13.0. The van der Waals surface area contributed by atoms with Crippen LogP contribution in [-0.4, -0.2) is 22.6 Å². The van der Waals surface area contributed by atoms with Crippen LogP contribution in [0.3, 0.4) is 0 Å². The van der Waals surface area contributed by atoms with E-state index >= 15 is 0 Å². The number of hydrogen-bond donors (Lipinski definition) is 2. The van der Waals surface area contributed by atoms with Crippen LogP contribution in [0.4, 0.5) is 9.39 Å². The van der Waals surface area contributed by atoms with Crippen LogP contribution >= 0.6 is 11.5 Å². The third-order valence-electron chi connectivity index (χ3n) is 2.77. The van der Waals surface area contributed by atoms with Crippen molar-refractivity contribution in [1.82, 2.24) is 9.80 Å². The van der Waals surface area contributed by atoms with Crippen molar-refractivity contribution in [3.8, 4) is 5.75 Å². The summed E-state index contributed by atoms with van der Waals surface area (Å²) in [5.41, 5.74) is 10.2. The minimum absolute atomic E-state index is 0.267. The standard InChI is InChI=1S/C14H15FN4O2S/c1-8(13-9(2)19-22-14(13)16)17-18-12(20)7-21-11-5-3-4-10(15)6-11/h3-6H,7,16H2,1-2H3,(H,18,20)/b17-8-. The lowest BCUT2D eigenvalue weighted by molar-refractivity contribution is -0.123. The van der Waals surface area contributed by atoms with Gasteiger partial charge in [0.05, 0.1) is 17.0 Å². The first-order valence-electron chi connectivity index (χ1n) is 6.41. The van der Waals surface area contributed by atoms with Crippen LogP contribution in [0.2, 0.25) is 0 Å². The van der Waals surface area contributed by atoms with Crippen molar-refractivity contribution in [1.29, 1.82) is 0 Å². The van der Waals surface area contributed by atoms with E-state index in [0.717, 1.165) is 11.3 Å². The molecular formula is C14H15FN4O2S. The van der Waals surface area contributed by atoms with Gasteiger partial charge >= 0.3 is 0 Å². The Balaban J connectivity index is 1.91. The molecule has 1 aromatic carbocycles. The van der Waals surface area contributed by atoms with E-state index in [2.05, 4.69) is 14.9 Å². The summed E-state index contributed by atoms with van der Waals surface area (Å²) in [7, 11) is 0. The van der Waals surface area contributed by atoms with E-state index in [1.807, 2.05) is 6.92 Å². The van der Waals surface area contributed by atoms with Crippen LogP contribution in [-0.2, 0) is 4.79 Å². The van der Waals surface area contributed by atoms with Crippen molar-refractivity contribution in [2.45, 2.75) is 13.8 Å². The maximum Gasteiger partial charge on any atom is 0.277 e. The number of benzene rings is 1. The monoisotopic (exact) mass is 322 g/mol. The van der Waals surface area contributed by atoms with Crippen molar-refractivity contribution in [2.24, 2.45) is 5.10 Å². The van der Waals surface area contributed by atoms with Crippen LogP contribution < -0.4 is 15.9 Å². The van der Waals surface area contributed by atoms with Crippen molar-refractivity contribution in [2.75, 3.05) is 12.3 Å². The topological polar surface area (TPSA) is 89.6 Å². The molecule has 0 aliphatic rings. The molecule has 6 nitrogen and oxygen atoms in total. The zero-order chi connectivity index (χ0) is 16.1. The molecule has 0 unspecified atom stereocenters. The van der Waals surface area contributed by atoms with E-state index in [4.69, 9.17) is 10.5 Å². The predicted molar refractivity (Wildman–Crippen MR) is 83.5 cm³/mol. The third kappa shape index (κ3) is 4.01. The Hall–Kier alpha value is -2.48. The summed E-state index contributed by atoms with van der Waals surface area (Å²) < 4.78 is 22.2. The van der Waals surface area contributed by atoms with Crippen molar-refractivity contribution < 1.29 is 13.9 Å². The van der Waals surface area contributed by atoms with E-state index < -0.39 is 11.7 Å². The molecule has 0 spiro atoms. The molecule has 0 aliphatic heterocycles. The first-order valence-corrected chi connectivity index (χ1v) is 7.18. The van der Waals surface area contributed by atoms with Crippen LogP contribution in [0, 0.1) is 12.7 Å². The first kappa shape index (κ1) is 15.9. The van der Waals surface area contributed by atoms with E-state index in [1.165, 1.54) is 29.7 Å². The predicted octanol–water partition coefficient (Wildman–Crippen LogP) is 2.09.